The van der Waals surface area contributed by atoms with Crippen LogP contribution in [0.2, 0.25) is 0 Å². The molecular formula is C20H26N2O6. The molecule has 1 saturated heterocycles. The average molecular weight is 390 g/mol. The molecule has 1 heterocycles. The number of urea groups is 1. The summed E-state index contributed by atoms with van der Waals surface area (Å²) in [4.78, 5) is 49.6. The van der Waals surface area contributed by atoms with Crippen LogP contribution < -0.4 is 10.1 Å². The van der Waals surface area contributed by atoms with Crippen molar-refractivity contribution < 1.29 is 28.7 Å². The maximum Gasteiger partial charge on any atom is 0.326 e. The highest BCUT2D eigenvalue weighted by Gasteiger charge is 2.48. The number of amides is 3. The normalized spacial score (nSPS) is 19.0. The van der Waals surface area contributed by atoms with Gasteiger partial charge in [-0.2, -0.15) is 0 Å². The van der Waals surface area contributed by atoms with Crippen molar-refractivity contribution in [3.05, 3.63) is 29.8 Å². The van der Waals surface area contributed by atoms with Gasteiger partial charge in [-0.15, -0.1) is 0 Å². The summed E-state index contributed by atoms with van der Waals surface area (Å²) >= 11 is 0. The molecule has 0 saturated carbocycles. The lowest BCUT2D eigenvalue weighted by Crippen LogP contribution is -2.44. The van der Waals surface area contributed by atoms with E-state index < -0.39 is 42.4 Å². The average Bonchev–Trinajstić information content (AvgIpc) is 2.88. The van der Waals surface area contributed by atoms with E-state index in [9.17, 15) is 19.2 Å². The second-order valence-electron chi connectivity index (χ2n) is 7.40. The Balaban J connectivity index is 1.89. The van der Waals surface area contributed by atoms with Gasteiger partial charge in [0.05, 0.1) is 7.11 Å². The lowest BCUT2D eigenvalue weighted by molar-refractivity contribution is -0.146. The first kappa shape index (κ1) is 21.4. The Labute approximate surface area is 164 Å². The van der Waals surface area contributed by atoms with E-state index in [1.807, 2.05) is 13.8 Å². The van der Waals surface area contributed by atoms with E-state index in [1.54, 1.807) is 31.2 Å². The van der Waals surface area contributed by atoms with Gasteiger partial charge < -0.3 is 14.8 Å². The van der Waals surface area contributed by atoms with Gasteiger partial charge in [-0.3, -0.25) is 19.3 Å². The van der Waals surface area contributed by atoms with Crippen LogP contribution in [0.4, 0.5) is 4.79 Å². The number of methoxy groups -OCH3 is 1. The second-order valence-corrected chi connectivity index (χ2v) is 7.40. The van der Waals surface area contributed by atoms with E-state index in [0.717, 1.165) is 11.3 Å². The summed E-state index contributed by atoms with van der Waals surface area (Å²) in [5, 5.41) is 2.64. The topological polar surface area (TPSA) is 102 Å². The van der Waals surface area contributed by atoms with Crippen LogP contribution in [0.15, 0.2) is 24.3 Å². The molecule has 0 aliphatic carbocycles. The predicted molar refractivity (Wildman–Crippen MR) is 101 cm³/mol. The molecule has 28 heavy (non-hydrogen) atoms. The summed E-state index contributed by atoms with van der Waals surface area (Å²) in [6, 6.07) is 5.74. The number of nitrogens with one attached hydrogen (secondary N) is 1. The number of carbonyl (C=O) groups excluding carboxylic acids is 4. The minimum Gasteiger partial charge on any atom is -0.497 e. The summed E-state index contributed by atoms with van der Waals surface area (Å²) in [6.45, 7) is 4.70. The molecule has 1 aliphatic rings. The van der Waals surface area contributed by atoms with Crippen LogP contribution in [0.3, 0.4) is 0 Å². The smallest absolute Gasteiger partial charge is 0.326 e. The molecule has 1 atom stereocenters. The fraction of sp³-hybridized carbons (Fsp3) is 0.500. The maximum atomic E-state index is 12.6. The Kier molecular flexibility index (Phi) is 6.77. The van der Waals surface area contributed by atoms with E-state index >= 15 is 0 Å². The van der Waals surface area contributed by atoms with E-state index in [2.05, 4.69) is 5.32 Å². The largest absolute Gasteiger partial charge is 0.497 e. The summed E-state index contributed by atoms with van der Waals surface area (Å²) in [5.41, 5.74) is -0.662. The minimum atomic E-state index is -1.03. The molecule has 152 valence electrons. The maximum absolute atomic E-state index is 12.6. The second kappa shape index (κ2) is 8.86. The van der Waals surface area contributed by atoms with Gasteiger partial charge in [0.2, 0.25) is 0 Å². The van der Waals surface area contributed by atoms with Gasteiger partial charge in [0.25, 0.3) is 5.91 Å². The van der Waals surface area contributed by atoms with E-state index in [0.29, 0.717) is 23.7 Å². The van der Waals surface area contributed by atoms with Crippen molar-refractivity contribution in [3.63, 3.8) is 0 Å². The van der Waals surface area contributed by atoms with Crippen LogP contribution in [0.25, 0.3) is 0 Å². The zero-order valence-electron chi connectivity index (χ0n) is 16.6. The van der Waals surface area contributed by atoms with Crippen molar-refractivity contribution >= 4 is 23.7 Å². The van der Waals surface area contributed by atoms with Crippen molar-refractivity contribution in [2.75, 3.05) is 20.3 Å². The molecule has 0 unspecified atom stereocenters. The molecule has 1 aromatic carbocycles. The highest BCUT2D eigenvalue weighted by Crippen LogP contribution is 2.24. The first-order valence-electron chi connectivity index (χ1n) is 9.13. The van der Waals surface area contributed by atoms with Gasteiger partial charge in [0, 0.05) is 5.56 Å². The first-order valence-corrected chi connectivity index (χ1v) is 9.13. The molecule has 8 heteroatoms. The van der Waals surface area contributed by atoms with Gasteiger partial charge >= 0.3 is 12.0 Å². The molecule has 0 bridgehead atoms. The Morgan fingerprint density at radius 2 is 1.82 bits per heavy atom. The number of imide groups is 1. The quantitative estimate of drug-likeness (QED) is 0.394. The number of esters is 1. The molecule has 1 N–H and O–H groups in total. The van der Waals surface area contributed by atoms with Crippen LogP contribution in [-0.4, -0.2) is 54.4 Å². The Hall–Kier alpha value is -2.90. The Morgan fingerprint density at radius 1 is 1.18 bits per heavy atom. The number of ketones is 1. The number of nitrogens with zero attached hydrogens (tertiary/aromatic N) is 1. The summed E-state index contributed by atoms with van der Waals surface area (Å²) < 4.78 is 9.96. The van der Waals surface area contributed by atoms with Crippen LogP contribution in [0.1, 0.15) is 44.0 Å². The lowest BCUT2D eigenvalue weighted by atomic mass is 9.92. The SMILES string of the molecule is COc1ccc(C(=O)COC(=O)CN2C(=O)N[C@](C)(CCC(C)C)C2=O)cc1. The van der Waals surface area contributed by atoms with Crippen molar-refractivity contribution in [1.29, 1.82) is 0 Å². The molecule has 8 nitrogen and oxygen atoms in total. The van der Waals surface area contributed by atoms with Gasteiger partial charge in [0.15, 0.2) is 12.4 Å². The Bertz CT molecular complexity index is 758. The van der Waals surface area contributed by atoms with Gasteiger partial charge in [0.1, 0.15) is 17.8 Å². The van der Waals surface area contributed by atoms with Gasteiger partial charge in [-0.05, 0) is 49.9 Å². The molecule has 1 aliphatic heterocycles. The molecule has 0 spiro atoms. The van der Waals surface area contributed by atoms with Crippen molar-refractivity contribution in [3.8, 4) is 5.75 Å². The monoisotopic (exact) mass is 390 g/mol. The van der Waals surface area contributed by atoms with Crippen LogP contribution in [0, 0.1) is 5.92 Å². The zero-order valence-corrected chi connectivity index (χ0v) is 16.6. The number of hydrogen-bond donors (Lipinski definition) is 1. The summed E-state index contributed by atoms with van der Waals surface area (Å²) in [5.74, 6) is -0.692. The standard InChI is InChI=1S/C20H26N2O6/c1-13(2)9-10-20(3)18(25)22(19(26)21-20)11-17(24)28-12-16(23)14-5-7-15(27-4)8-6-14/h5-8,13H,9-12H2,1-4H3,(H,21,26)/t20-/m1/s1. The van der Waals surface area contributed by atoms with Crippen LogP contribution in [0.5, 0.6) is 5.75 Å². The molecule has 0 radical (unpaired) electrons. The van der Waals surface area contributed by atoms with E-state index in [-0.39, 0.29) is 0 Å². The highest BCUT2D eigenvalue weighted by atomic mass is 16.5. The van der Waals surface area contributed by atoms with Gasteiger partial charge in [-0.1, -0.05) is 13.8 Å². The third kappa shape index (κ3) is 5.09. The molecule has 1 aromatic rings. The molecule has 3 amide bonds. The summed E-state index contributed by atoms with van der Waals surface area (Å²) in [6.07, 6.45) is 1.24. The first-order chi connectivity index (χ1) is 13.2. The van der Waals surface area contributed by atoms with Crippen molar-refractivity contribution in [1.82, 2.24) is 10.2 Å². The summed E-state index contributed by atoms with van der Waals surface area (Å²) in [7, 11) is 1.52. The Morgan fingerprint density at radius 3 is 2.39 bits per heavy atom. The number of carbonyl (C=O) groups is 4. The predicted octanol–water partition coefficient (Wildman–Crippen LogP) is 2.17. The third-order valence-electron chi connectivity index (χ3n) is 4.63. The number of benzene rings is 1. The van der Waals surface area contributed by atoms with E-state index in [4.69, 9.17) is 9.47 Å². The van der Waals surface area contributed by atoms with Crippen molar-refractivity contribution in [2.24, 2.45) is 5.92 Å². The highest BCUT2D eigenvalue weighted by molar-refractivity contribution is 6.08. The zero-order chi connectivity index (χ0) is 20.9. The minimum absolute atomic E-state index is 0.366. The number of ether oxygens (including phenoxy) is 2. The molecule has 0 aromatic heterocycles. The fourth-order valence-electron chi connectivity index (χ4n) is 2.82. The molecule has 1 fully saturated rings. The van der Waals surface area contributed by atoms with E-state index in [1.165, 1.54) is 7.11 Å². The third-order valence-corrected chi connectivity index (χ3v) is 4.63. The fourth-order valence-corrected chi connectivity index (χ4v) is 2.82. The van der Waals surface area contributed by atoms with Crippen LogP contribution >= 0.6 is 0 Å². The number of Topliss-reactive ketones (excluding diaryl/α,β-unsaturated/α-hetero) is 1. The van der Waals surface area contributed by atoms with Crippen molar-refractivity contribution in [2.45, 2.75) is 39.2 Å². The molecule has 2 rings (SSSR count). The lowest BCUT2D eigenvalue weighted by Gasteiger charge is -2.22. The van der Waals surface area contributed by atoms with Gasteiger partial charge in [-0.25, -0.2) is 4.79 Å². The van der Waals surface area contributed by atoms with Crippen LogP contribution in [-0.2, 0) is 14.3 Å². The number of rotatable bonds is 9. The number of hydrogen-bond acceptors (Lipinski definition) is 6. The molecular weight excluding hydrogens is 364 g/mol.